The molecule has 2 rings (SSSR count). The van der Waals surface area contributed by atoms with E-state index in [1.165, 1.54) is 0 Å². The van der Waals surface area contributed by atoms with Crippen LogP contribution in [0, 0.1) is 13.8 Å². The number of amides is 1. The van der Waals surface area contributed by atoms with Gasteiger partial charge in [-0.15, -0.1) is 0 Å². The van der Waals surface area contributed by atoms with Crippen molar-refractivity contribution in [2.75, 3.05) is 6.54 Å². The molecule has 0 bridgehead atoms. The van der Waals surface area contributed by atoms with Crippen LogP contribution in [0.4, 0.5) is 0 Å². The Morgan fingerprint density at radius 1 is 1.41 bits per heavy atom. The number of carbonyl (C=O) groups excluding carboxylic acids is 1. The number of aromatic nitrogens is 2. The van der Waals surface area contributed by atoms with Gasteiger partial charge >= 0.3 is 0 Å². The van der Waals surface area contributed by atoms with Crippen LogP contribution in [-0.2, 0) is 11.2 Å². The number of nitrogens with one attached hydrogen (secondary N) is 1. The van der Waals surface area contributed by atoms with Crippen LogP contribution in [0.1, 0.15) is 30.6 Å². The maximum Gasteiger partial charge on any atom is 0.227 e. The van der Waals surface area contributed by atoms with Gasteiger partial charge < -0.3 is 14.6 Å². The van der Waals surface area contributed by atoms with E-state index in [9.17, 15) is 4.79 Å². The van der Waals surface area contributed by atoms with Crippen molar-refractivity contribution in [2.24, 2.45) is 0 Å². The monoisotopic (exact) mass is 303 g/mol. The van der Waals surface area contributed by atoms with Gasteiger partial charge in [-0.3, -0.25) is 4.79 Å². The molecule has 22 heavy (non-hydrogen) atoms. The molecule has 1 atom stereocenters. The van der Waals surface area contributed by atoms with Gasteiger partial charge in [-0.1, -0.05) is 17.3 Å². The van der Waals surface area contributed by atoms with Crippen LogP contribution < -0.4 is 10.1 Å². The lowest BCUT2D eigenvalue weighted by molar-refractivity contribution is -0.121. The lowest BCUT2D eigenvalue weighted by Gasteiger charge is -2.15. The topological polar surface area (TPSA) is 77.2 Å². The number of ether oxygens (including phenoxy) is 1. The molecule has 0 fully saturated rings. The van der Waals surface area contributed by atoms with Crippen molar-refractivity contribution in [1.82, 2.24) is 15.5 Å². The predicted molar refractivity (Wildman–Crippen MR) is 81.6 cm³/mol. The van der Waals surface area contributed by atoms with Gasteiger partial charge in [0.05, 0.1) is 6.54 Å². The summed E-state index contributed by atoms with van der Waals surface area (Å²) in [5, 5.41) is 6.53. The second kappa shape index (κ2) is 7.59. The minimum Gasteiger partial charge on any atom is -0.489 e. The molecular weight excluding hydrogens is 282 g/mol. The average molecular weight is 303 g/mol. The molecule has 118 valence electrons. The van der Waals surface area contributed by atoms with Crippen LogP contribution in [0.15, 0.2) is 28.8 Å². The van der Waals surface area contributed by atoms with E-state index in [2.05, 4.69) is 15.5 Å². The molecule has 6 nitrogen and oxygen atoms in total. The Labute approximate surface area is 129 Å². The molecule has 1 heterocycles. The number of rotatable bonds is 7. The van der Waals surface area contributed by atoms with Crippen LogP contribution >= 0.6 is 0 Å². The number of hydrogen-bond donors (Lipinski definition) is 1. The van der Waals surface area contributed by atoms with E-state index in [4.69, 9.17) is 9.26 Å². The highest BCUT2D eigenvalue weighted by Crippen LogP contribution is 2.13. The van der Waals surface area contributed by atoms with Gasteiger partial charge in [-0.05, 0) is 38.5 Å². The summed E-state index contributed by atoms with van der Waals surface area (Å²) in [4.78, 5) is 15.8. The lowest BCUT2D eigenvalue weighted by atomic mass is 10.2. The largest absolute Gasteiger partial charge is 0.489 e. The first-order chi connectivity index (χ1) is 10.5. The molecule has 1 unspecified atom stereocenters. The standard InChI is InChI=1S/C16H21N3O3/c1-11-5-4-6-14(9-11)21-12(2)10-17-15(20)7-8-16-18-13(3)19-22-16/h4-6,9,12H,7-8,10H2,1-3H3,(H,17,20). The van der Waals surface area contributed by atoms with Gasteiger partial charge in [0.1, 0.15) is 11.9 Å². The second-order valence-corrected chi connectivity index (χ2v) is 5.28. The number of carbonyl (C=O) groups is 1. The van der Waals surface area contributed by atoms with Crippen LogP contribution in [-0.4, -0.2) is 28.7 Å². The van der Waals surface area contributed by atoms with Crippen LogP contribution in [0.25, 0.3) is 0 Å². The summed E-state index contributed by atoms with van der Waals surface area (Å²) in [5.41, 5.74) is 1.14. The molecule has 0 aliphatic rings. The van der Waals surface area contributed by atoms with Crippen molar-refractivity contribution >= 4 is 5.91 Å². The van der Waals surface area contributed by atoms with E-state index < -0.39 is 0 Å². The van der Waals surface area contributed by atoms with Gasteiger partial charge in [-0.2, -0.15) is 4.98 Å². The smallest absolute Gasteiger partial charge is 0.227 e. The van der Waals surface area contributed by atoms with Crippen molar-refractivity contribution in [3.05, 3.63) is 41.5 Å². The SMILES string of the molecule is Cc1cccc(OC(C)CNC(=O)CCc2nc(C)no2)c1. The summed E-state index contributed by atoms with van der Waals surface area (Å²) in [7, 11) is 0. The Hall–Kier alpha value is -2.37. The van der Waals surface area contributed by atoms with Gasteiger partial charge in [-0.25, -0.2) is 0 Å². The third kappa shape index (κ3) is 5.20. The molecule has 0 aliphatic carbocycles. The van der Waals surface area contributed by atoms with Crippen LogP contribution in [0.5, 0.6) is 5.75 Å². The Bertz CT molecular complexity index is 625. The van der Waals surface area contributed by atoms with E-state index >= 15 is 0 Å². The van der Waals surface area contributed by atoms with Crippen molar-refractivity contribution in [2.45, 2.75) is 39.7 Å². The minimum atomic E-state index is -0.101. The molecule has 1 aromatic heterocycles. The van der Waals surface area contributed by atoms with E-state index in [1.54, 1.807) is 6.92 Å². The maximum absolute atomic E-state index is 11.8. The molecule has 0 saturated heterocycles. The lowest BCUT2D eigenvalue weighted by Crippen LogP contribution is -2.33. The molecule has 1 amide bonds. The normalized spacial score (nSPS) is 12.0. The zero-order chi connectivity index (χ0) is 15.9. The predicted octanol–water partition coefficient (Wildman–Crippen LogP) is 2.20. The highest BCUT2D eigenvalue weighted by molar-refractivity contribution is 5.76. The number of nitrogens with zero attached hydrogens (tertiary/aromatic N) is 2. The third-order valence-electron chi connectivity index (χ3n) is 3.05. The third-order valence-corrected chi connectivity index (χ3v) is 3.05. The molecule has 6 heteroatoms. The zero-order valence-electron chi connectivity index (χ0n) is 13.1. The van der Waals surface area contributed by atoms with E-state index in [0.717, 1.165) is 11.3 Å². The Morgan fingerprint density at radius 2 is 2.23 bits per heavy atom. The van der Waals surface area contributed by atoms with E-state index in [-0.39, 0.29) is 12.0 Å². The molecule has 0 aliphatic heterocycles. The van der Waals surface area contributed by atoms with E-state index in [1.807, 2.05) is 38.1 Å². The molecule has 1 N–H and O–H groups in total. The summed E-state index contributed by atoms with van der Waals surface area (Å²) >= 11 is 0. The number of hydrogen-bond acceptors (Lipinski definition) is 5. The van der Waals surface area contributed by atoms with Crippen molar-refractivity contribution in [3.8, 4) is 5.75 Å². The highest BCUT2D eigenvalue weighted by atomic mass is 16.5. The molecule has 1 aromatic carbocycles. The molecule has 0 spiro atoms. The quantitative estimate of drug-likeness (QED) is 0.848. The molecule has 0 radical (unpaired) electrons. The zero-order valence-corrected chi connectivity index (χ0v) is 13.1. The Balaban J connectivity index is 1.69. The fourth-order valence-corrected chi connectivity index (χ4v) is 1.97. The van der Waals surface area contributed by atoms with Crippen molar-refractivity contribution < 1.29 is 14.1 Å². The fourth-order valence-electron chi connectivity index (χ4n) is 1.97. The highest BCUT2D eigenvalue weighted by Gasteiger charge is 2.09. The van der Waals surface area contributed by atoms with Crippen molar-refractivity contribution in [1.29, 1.82) is 0 Å². The van der Waals surface area contributed by atoms with Gasteiger partial charge in [0.15, 0.2) is 5.82 Å². The number of aryl methyl sites for hydroxylation is 3. The summed E-state index contributed by atoms with van der Waals surface area (Å²) in [6, 6.07) is 7.83. The summed E-state index contributed by atoms with van der Waals surface area (Å²) < 4.78 is 10.7. The van der Waals surface area contributed by atoms with Crippen LogP contribution in [0.3, 0.4) is 0 Å². The van der Waals surface area contributed by atoms with E-state index in [0.29, 0.717) is 31.1 Å². The van der Waals surface area contributed by atoms with Crippen LogP contribution in [0.2, 0.25) is 0 Å². The Morgan fingerprint density at radius 3 is 2.91 bits per heavy atom. The number of benzene rings is 1. The second-order valence-electron chi connectivity index (χ2n) is 5.28. The molecule has 0 saturated carbocycles. The Kier molecular flexibility index (Phi) is 5.52. The molecular formula is C16H21N3O3. The van der Waals surface area contributed by atoms with Gasteiger partial charge in [0, 0.05) is 12.8 Å². The fraction of sp³-hybridized carbons (Fsp3) is 0.438. The summed E-state index contributed by atoms with van der Waals surface area (Å²) in [6.45, 7) is 6.13. The minimum absolute atomic E-state index is 0.0597. The summed E-state index contributed by atoms with van der Waals surface area (Å²) in [6.07, 6.45) is 0.662. The first kappa shape index (κ1) is 16.0. The average Bonchev–Trinajstić information content (AvgIpc) is 2.89. The first-order valence-corrected chi connectivity index (χ1v) is 7.32. The van der Waals surface area contributed by atoms with Gasteiger partial charge in [0.25, 0.3) is 0 Å². The molecule has 2 aromatic rings. The van der Waals surface area contributed by atoms with Crippen molar-refractivity contribution in [3.63, 3.8) is 0 Å². The first-order valence-electron chi connectivity index (χ1n) is 7.32. The maximum atomic E-state index is 11.8. The summed E-state index contributed by atoms with van der Waals surface area (Å²) in [5.74, 6) is 1.81. The van der Waals surface area contributed by atoms with Gasteiger partial charge in [0.2, 0.25) is 11.8 Å².